The average molecular weight is 321 g/mol. The fourth-order valence-electron chi connectivity index (χ4n) is 4.07. The van der Waals surface area contributed by atoms with Gasteiger partial charge in [0, 0.05) is 4.83 Å². The van der Waals surface area contributed by atoms with E-state index in [1.807, 2.05) is 0 Å². The summed E-state index contributed by atoms with van der Waals surface area (Å²) in [4.78, 5) is 0.566. The maximum absolute atomic E-state index is 3.99. The lowest BCUT2D eigenvalue weighted by molar-refractivity contribution is 0.329. The van der Waals surface area contributed by atoms with Crippen LogP contribution in [0.2, 0.25) is 0 Å². The molecule has 3 rings (SSSR count). The minimum absolute atomic E-state index is 0.257. The summed E-state index contributed by atoms with van der Waals surface area (Å²) in [6.07, 6.45) is 5.90. The summed E-state index contributed by atoms with van der Waals surface area (Å²) >= 11 is 3.99. The van der Waals surface area contributed by atoms with Crippen LogP contribution in [0.3, 0.4) is 0 Å². The van der Waals surface area contributed by atoms with E-state index in [0.717, 1.165) is 17.8 Å². The highest BCUT2D eigenvalue weighted by Gasteiger charge is 2.42. The predicted octanol–water partition coefficient (Wildman–Crippen LogP) is 5.86. The number of alkyl halides is 1. The van der Waals surface area contributed by atoms with Gasteiger partial charge in [0.15, 0.2) is 0 Å². The first-order valence-corrected chi connectivity index (χ1v) is 8.61. The van der Waals surface area contributed by atoms with Crippen molar-refractivity contribution >= 4 is 15.9 Å². The van der Waals surface area contributed by atoms with E-state index in [9.17, 15) is 0 Å². The van der Waals surface area contributed by atoms with Gasteiger partial charge < -0.3 is 0 Å². The summed E-state index contributed by atoms with van der Waals surface area (Å²) in [6, 6.07) is 9.31. The van der Waals surface area contributed by atoms with Gasteiger partial charge in [0.2, 0.25) is 0 Å². The van der Waals surface area contributed by atoms with Crippen molar-refractivity contribution in [3.05, 3.63) is 35.4 Å². The molecule has 2 aliphatic carbocycles. The van der Waals surface area contributed by atoms with Gasteiger partial charge in [-0.2, -0.15) is 0 Å². The van der Waals surface area contributed by atoms with Crippen molar-refractivity contribution < 1.29 is 0 Å². The van der Waals surface area contributed by atoms with Gasteiger partial charge in [0.05, 0.1) is 0 Å². The molecule has 1 heteroatoms. The number of benzene rings is 1. The van der Waals surface area contributed by atoms with Crippen molar-refractivity contribution in [2.75, 3.05) is 0 Å². The molecule has 0 spiro atoms. The summed E-state index contributed by atoms with van der Waals surface area (Å²) < 4.78 is 0. The third kappa shape index (κ3) is 2.63. The second kappa shape index (κ2) is 4.91. The Hall–Kier alpha value is -0.300. The molecule has 4 atom stereocenters. The third-order valence-electron chi connectivity index (χ3n) is 5.26. The maximum atomic E-state index is 3.99. The van der Waals surface area contributed by atoms with E-state index in [4.69, 9.17) is 0 Å². The zero-order valence-electron chi connectivity index (χ0n) is 12.3. The minimum atomic E-state index is 0.257. The lowest BCUT2D eigenvalue weighted by Gasteiger charge is -2.27. The van der Waals surface area contributed by atoms with Crippen LogP contribution >= 0.6 is 15.9 Å². The Morgan fingerprint density at radius 3 is 2.21 bits per heavy atom. The number of hydrogen-bond acceptors (Lipinski definition) is 0. The fraction of sp³-hybridized carbons (Fsp3) is 0.667. The van der Waals surface area contributed by atoms with Crippen LogP contribution in [-0.2, 0) is 5.41 Å². The largest absolute Gasteiger partial charge is 0.0836 e. The SMILES string of the molecule is CC(C)(C)c1ccc(C(Br)C2CC3CCC2C3)cc1. The molecule has 19 heavy (non-hydrogen) atoms. The predicted molar refractivity (Wildman–Crippen MR) is 85.7 cm³/mol. The Balaban J connectivity index is 1.75. The summed E-state index contributed by atoms with van der Waals surface area (Å²) in [5.41, 5.74) is 3.17. The van der Waals surface area contributed by atoms with Crippen LogP contribution < -0.4 is 0 Å². The first kappa shape index (κ1) is 13.7. The summed E-state index contributed by atoms with van der Waals surface area (Å²) in [5.74, 6) is 2.89. The van der Waals surface area contributed by atoms with Crippen molar-refractivity contribution in [1.29, 1.82) is 0 Å². The molecule has 0 aromatic heterocycles. The Labute approximate surface area is 126 Å². The van der Waals surface area contributed by atoms with Gasteiger partial charge in [-0.1, -0.05) is 67.4 Å². The molecule has 0 radical (unpaired) electrons. The lowest BCUT2D eigenvalue weighted by Crippen LogP contribution is -2.16. The smallest absolute Gasteiger partial charge is 0.0426 e. The molecular weight excluding hydrogens is 296 g/mol. The van der Waals surface area contributed by atoms with E-state index in [0.29, 0.717) is 4.83 Å². The van der Waals surface area contributed by atoms with Crippen LogP contribution in [-0.4, -0.2) is 0 Å². The number of hydrogen-bond donors (Lipinski definition) is 0. The molecule has 4 unspecified atom stereocenters. The molecule has 1 aromatic rings. The molecule has 2 bridgehead atoms. The van der Waals surface area contributed by atoms with Gasteiger partial charge in [-0.05, 0) is 53.6 Å². The monoisotopic (exact) mass is 320 g/mol. The van der Waals surface area contributed by atoms with Crippen LogP contribution in [0.15, 0.2) is 24.3 Å². The average Bonchev–Trinajstić information content (AvgIpc) is 2.99. The number of fused-ring (bicyclic) bond motifs is 2. The zero-order chi connectivity index (χ0) is 13.6. The quantitative estimate of drug-likeness (QED) is 0.599. The summed E-state index contributed by atoms with van der Waals surface area (Å²) in [7, 11) is 0. The first-order valence-electron chi connectivity index (χ1n) is 7.69. The minimum Gasteiger partial charge on any atom is -0.0836 e. The molecule has 104 valence electrons. The normalized spacial score (nSPS) is 31.7. The summed E-state index contributed by atoms with van der Waals surface area (Å²) in [5, 5.41) is 0. The standard InChI is InChI=1S/C18H25Br/c1-18(2,3)15-8-6-13(7-9-15)17(19)16-11-12-4-5-14(16)10-12/h6-9,12,14,16-17H,4-5,10-11H2,1-3H3. The number of rotatable bonds is 2. The van der Waals surface area contributed by atoms with Crippen molar-refractivity contribution in [2.24, 2.45) is 17.8 Å². The van der Waals surface area contributed by atoms with E-state index >= 15 is 0 Å². The fourth-order valence-corrected chi connectivity index (χ4v) is 5.02. The molecule has 0 saturated heterocycles. The van der Waals surface area contributed by atoms with Gasteiger partial charge in [-0.15, -0.1) is 0 Å². The second-order valence-corrected chi connectivity index (χ2v) is 8.60. The van der Waals surface area contributed by atoms with E-state index < -0.39 is 0 Å². The molecule has 2 fully saturated rings. The highest BCUT2D eigenvalue weighted by Crippen LogP contribution is 2.54. The Morgan fingerprint density at radius 1 is 1.05 bits per heavy atom. The highest BCUT2D eigenvalue weighted by atomic mass is 79.9. The lowest BCUT2D eigenvalue weighted by atomic mass is 9.82. The molecule has 2 aliphatic rings. The van der Waals surface area contributed by atoms with Crippen molar-refractivity contribution in [1.82, 2.24) is 0 Å². The van der Waals surface area contributed by atoms with Crippen LogP contribution in [0, 0.1) is 17.8 Å². The molecule has 0 aliphatic heterocycles. The van der Waals surface area contributed by atoms with Gasteiger partial charge >= 0.3 is 0 Å². The molecule has 0 nitrogen and oxygen atoms in total. The Bertz CT molecular complexity index is 440. The van der Waals surface area contributed by atoms with Crippen LogP contribution in [0.4, 0.5) is 0 Å². The topological polar surface area (TPSA) is 0 Å². The van der Waals surface area contributed by atoms with Crippen LogP contribution in [0.25, 0.3) is 0 Å². The molecule has 0 heterocycles. The second-order valence-electron chi connectivity index (χ2n) is 7.61. The third-order valence-corrected chi connectivity index (χ3v) is 6.47. The van der Waals surface area contributed by atoms with Gasteiger partial charge in [-0.3, -0.25) is 0 Å². The maximum Gasteiger partial charge on any atom is 0.0426 e. The van der Waals surface area contributed by atoms with E-state index in [1.54, 1.807) is 0 Å². The molecular formula is C18H25Br. The Kier molecular flexibility index (Phi) is 3.53. The van der Waals surface area contributed by atoms with Crippen LogP contribution in [0.5, 0.6) is 0 Å². The van der Waals surface area contributed by atoms with Crippen molar-refractivity contribution in [2.45, 2.75) is 56.7 Å². The Morgan fingerprint density at radius 2 is 1.74 bits per heavy atom. The van der Waals surface area contributed by atoms with Crippen LogP contribution in [0.1, 0.15) is 62.4 Å². The van der Waals surface area contributed by atoms with E-state index in [-0.39, 0.29) is 5.41 Å². The van der Waals surface area contributed by atoms with Gasteiger partial charge in [0.25, 0.3) is 0 Å². The molecule has 0 amide bonds. The van der Waals surface area contributed by atoms with Gasteiger partial charge in [-0.25, -0.2) is 0 Å². The molecule has 2 saturated carbocycles. The van der Waals surface area contributed by atoms with E-state index in [1.165, 1.54) is 36.8 Å². The highest BCUT2D eigenvalue weighted by molar-refractivity contribution is 9.09. The van der Waals surface area contributed by atoms with Crippen molar-refractivity contribution in [3.8, 4) is 0 Å². The first-order chi connectivity index (χ1) is 8.95. The molecule has 0 N–H and O–H groups in total. The zero-order valence-corrected chi connectivity index (χ0v) is 13.9. The van der Waals surface area contributed by atoms with Crippen molar-refractivity contribution in [3.63, 3.8) is 0 Å². The summed E-state index contributed by atoms with van der Waals surface area (Å²) in [6.45, 7) is 6.84. The molecule has 1 aromatic carbocycles. The van der Waals surface area contributed by atoms with Gasteiger partial charge in [0.1, 0.15) is 0 Å². The number of halogens is 1. The van der Waals surface area contributed by atoms with E-state index in [2.05, 4.69) is 61.0 Å².